The van der Waals surface area contributed by atoms with Crippen molar-refractivity contribution in [1.82, 2.24) is 25.0 Å². The van der Waals surface area contributed by atoms with E-state index in [2.05, 4.69) is 20.1 Å². The Morgan fingerprint density at radius 1 is 1.25 bits per heavy atom. The molecule has 1 atom stereocenters. The van der Waals surface area contributed by atoms with Gasteiger partial charge in [-0.2, -0.15) is 4.98 Å². The number of nitrogens with zero attached hydrogens (tertiary/aromatic N) is 5. The number of piperidine rings is 1. The fourth-order valence-electron chi connectivity index (χ4n) is 3.26. The predicted molar refractivity (Wildman–Crippen MR) is 85.7 cm³/mol. The molecule has 0 N–H and O–H groups in total. The third-order valence-electron chi connectivity index (χ3n) is 4.76. The summed E-state index contributed by atoms with van der Waals surface area (Å²) in [6, 6.07) is 0. The Morgan fingerprint density at radius 2 is 2.17 bits per heavy atom. The average Bonchev–Trinajstić information content (AvgIpc) is 3.31. The summed E-state index contributed by atoms with van der Waals surface area (Å²) >= 11 is 0. The molecule has 0 radical (unpaired) electrons. The van der Waals surface area contributed by atoms with Crippen LogP contribution in [0.25, 0.3) is 11.5 Å². The molecule has 1 saturated carbocycles. The molecule has 7 heteroatoms. The number of carbonyl (C=O) groups excluding carboxylic acids is 1. The molecule has 24 heavy (non-hydrogen) atoms. The minimum absolute atomic E-state index is 0.313. The van der Waals surface area contributed by atoms with Gasteiger partial charge in [0, 0.05) is 38.3 Å². The lowest BCUT2D eigenvalue weighted by Crippen LogP contribution is -2.40. The van der Waals surface area contributed by atoms with Crippen molar-refractivity contribution in [2.75, 3.05) is 13.1 Å². The second-order valence-corrected chi connectivity index (χ2v) is 6.80. The Balaban J connectivity index is 1.36. The van der Waals surface area contributed by atoms with Crippen LogP contribution in [0.5, 0.6) is 0 Å². The average molecular weight is 327 g/mol. The number of rotatable bonds is 5. The van der Waals surface area contributed by atoms with E-state index in [9.17, 15) is 4.79 Å². The lowest BCUT2D eigenvalue weighted by Gasteiger charge is -2.32. The molecule has 1 amide bonds. The fourth-order valence-corrected chi connectivity index (χ4v) is 3.26. The maximum Gasteiger partial charge on any atom is 0.227 e. The second kappa shape index (κ2) is 6.67. The molecule has 2 aliphatic rings. The number of amides is 1. The Morgan fingerprint density at radius 3 is 2.96 bits per heavy atom. The highest BCUT2D eigenvalue weighted by Crippen LogP contribution is 2.33. The molecule has 3 heterocycles. The molecule has 7 nitrogen and oxygen atoms in total. The molecule has 1 unspecified atom stereocenters. The smallest absolute Gasteiger partial charge is 0.227 e. The van der Waals surface area contributed by atoms with E-state index in [0.717, 1.165) is 32.4 Å². The van der Waals surface area contributed by atoms with E-state index in [1.54, 1.807) is 18.6 Å². The summed E-state index contributed by atoms with van der Waals surface area (Å²) in [6.45, 7) is 1.69. The van der Waals surface area contributed by atoms with E-state index in [1.165, 1.54) is 12.8 Å². The molecule has 126 valence electrons. The lowest BCUT2D eigenvalue weighted by atomic mass is 9.94. The number of likely N-dealkylation sites (tertiary alicyclic amines) is 1. The highest BCUT2D eigenvalue weighted by atomic mass is 16.5. The van der Waals surface area contributed by atoms with E-state index < -0.39 is 0 Å². The minimum atomic E-state index is 0.313. The van der Waals surface area contributed by atoms with Crippen LogP contribution in [0.2, 0.25) is 0 Å². The van der Waals surface area contributed by atoms with E-state index in [4.69, 9.17) is 4.52 Å². The van der Waals surface area contributed by atoms with Gasteiger partial charge in [0.2, 0.25) is 17.6 Å². The first-order valence-corrected chi connectivity index (χ1v) is 8.64. The van der Waals surface area contributed by atoms with Gasteiger partial charge in [-0.25, -0.2) is 4.98 Å². The fraction of sp³-hybridized carbons (Fsp3) is 0.588. The largest absolute Gasteiger partial charge is 0.342 e. The van der Waals surface area contributed by atoms with Crippen molar-refractivity contribution < 1.29 is 9.32 Å². The van der Waals surface area contributed by atoms with Crippen LogP contribution in [0.3, 0.4) is 0 Å². The molecule has 1 aliphatic carbocycles. The summed E-state index contributed by atoms with van der Waals surface area (Å²) in [5.41, 5.74) is 0.609. The van der Waals surface area contributed by atoms with Gasteiger partial charge in [0.05, 0.1) is 6.20 Å². The molecule has 1 aliphatic heterocycles. The SMILES string of the molecule is O=C(CC1CC1)N1CCCC(Cc2nc(-c3cnccn3)no2)C1. The van der Waals surface area contributed by atoms with E-state index in [1.807, 2.05) is 4.90 Å². The number of hydrogen-bond acceptors (Lipinski definition) is 6. The normalized spacial score (nSPS) is 21.0. The van der Waals surface area contributed by atoms with Crippen LogP contribution in [-0.4, -0.2) is 44.0 Å². The zero-order valence-corrected chi connectivity index (χ0v) is 13.6. The molecule has 0 bridgehead atoms. The summed E-state index contributed by atoms with van der Waals surface area (Å²) in [5, 5.41) is 3.98. The van der Waals surface area contributed by atoms with Crippen molar-refractivity contribution in [3.05, 3.63) is 24.5 Å². The monoisotopic (exact) mass is 327 g/mol. The Kier molecular flexibility index (Phi) is 4.23. The van der Waals surface area contributed by atoms with Gasteiger partial charge in [-0.1, -0.05) is 5.16 Å². The van der Waals surface area contributed by atoms with Crippen LogP contribution in [0.15, 0.2) is 23.1 Å². The van der Waals surface area contributed by atoms with Gasteiger partial charge in [-0.15, -0.1) is 0 Å². The van der Waals surface area contributed by atoms with Gasteiger partial charge in [-0.3, -0.25) is 9.78 Å². The first-order chi connectivity index (χ1) is 11.8. The predicted octanol–water partition coefficient (Wildman–Crippen LogP) is 2.11. The lowest BCUT2D eigenvalue weighted by molar-refractivity contribution is -0.133. The Hall–Kier alpha value is -2.31. The summed E-state index contributed by atoms with van der Waals surface area (Å²) in [7, 11) is 0. The first-order valence-electron chi connectivity index (χ1n) is 8.64. The molecule has 0 spiro atoms. The van der Waals surface area contributed by atoms with Gasteiger partial charge in [0.1, 0.15) is 5.69 Å². The topological polar surface area (TPSA) is 85.0 Å². The van der Waals surface area contributed by atoms with Crippen molar-refractivity contribution in [3.8, 4) is 11.5 Å². The van der Waals surface area contributed by atoms with E-state index in [0.29, 0.717) is 41.6 Å². The zero-order valence-electron chi connectivity index (χ0n) is 13.6. The van der Waals surface area contributed by atoms with Gasteiger partial charge in [0.25, 0.3) is 0 Å². The third-order valence-corrected chi connectivity index (χ3v) is 4.76. The van der Waals surface area contributed by atoms with Gasteiger partial charge in [-0.05, 0) is 37.5 Å². The minimum Gasteiger partial charge on any atom is -0.342 e. The second-order valence-electron chi connectivity index (χ2n) is 6.80. The van der Waals surface area contributed by atoms with Crippen molar-refractivity contribution in [2.24, 2.45) is 11.8 Å². The van der Waals surface area contributed by atoms with Gasteiger partial charge in [0.15, 0.2) is 0 Å². The van der Waals surface area contributed by atoms with Gasteiger partial charge >= 0.3 is 0 Å². The Labute approximate surface area is 140 Å². The third kappa shape index (κ3) is 3.60. The summed E-state index contributed by atoms with van der Waals surface area (Å²) in [5.74, 6) is 2.42. The van der Waals surface area contributed by atoms with Crippen LogP contribution >= 0.6 is 0 Å². The quantitative estimate of drug-likeness (QED) is 0.836. The standard InChI is InChI=1S/C17H21N5O2/c23-16(9-12-3-4-12)22-7-1-2-13(11-22)8-15-20-17(21-24-15)14-10-18-5-6-19-14/h5-6,10,12-13H,1-4,7-9,11H2. The van der Waals surface area contributed by atoms with Crippen LogP contribution in [0.1, 0.15) is 38.0 Å². The van der Waals surface area contributed by atoms with Crippen molar-refractivity contribution in [2.45, 2.75) is 38.5 Å². The summed E-state index contributed by atoms with van der Waals surface area (Å²) in [4.78, 5) is 26.9. The van der Waals surface area contributed by atoms with Crippen LogP contribution < -0.4 is 0 Å². The first kappa shape index (κ1) is 15.2. The summed E-state index contributed by atoms with van der Waals surface area (Å²) < 4.78 is 5.36. The number of carbonyl (C=O) groups is 1. The summed E-state index contributed by atoms with van der Waals surface area (Å²) in [6.07, 6.45) is 10.8. The van der Waals surface area contributed by atoms with E-state index >= 15 is 0 Å². The van der Waals surface area contributed by atoms with Crippen LogP contribution in [0.4, 0.5) is 0 Å². The van der Waals surface area contributed by atoms with Crippen molar-refractivity contribution >= 4 is 5.91 Å². The highest BCUT2D eigenvalue weighted by molar-refractivity contribution is 5.76. The zero-order chi connectivity index (χ0) is 16.4. The van der Waals surface area contributed by atoms with Crippen LogP contribution in [0, 0.1) is 11.8 Å². The molecule has 0 aromatic carbocycles. The molecule has 1 saturated heterocycles. The molecular formula is C17H21N5O2. The molecule has 2 aromatic heterocycles. The van der Waals surface area contributed by atoms with Crippen molar-refractivity contribution in [1.29, 1.82) is 0 Å². The Bertz CT molecular complexity index is 698. The van der Waals surface area contributed by atoms with Gasteiger partial charge < -0.3 is 9.42 Å². The van der Waals surface area contributed by atoms with E-state index in [-0.39, 0.29) is 0 Å². The van der Waals surface area contributed by atoms with Crippen molar-refractivity contribution in [3.63, 3.8) is 0 Å². The van der Waals surface area contributed by atoms with Crippen LogP contribution in [-0.2, 0) is 11.2 Å². The highest BCUT2D eigenvalue weighted by Gasteiger charge is 2.30. The number of aromatic nitrogens is 4. The maximum absolute atomic E-state index is 12.3. The molecule has 2 aromatic rings. The molecule has 4 rings (SSSR count). The number of hydrogen-bond donors (Lipinski definition) is 0. The maximum atomic E-state index is 12.3. The molecule has 2 fully saturated rings. The molecular weight excluding hydrogens is 306 g/mol.